The first-order valence-electron chi connectivity index (χ1n) is 13.2. The van der Waals surface area contributed by atoms with Gasteiger partial charge in [0.05, 0.1) is 11.9 Å². The van der Waals surface area contributed by atoms with Crippen LogP contribution in [0.1, 0.15) is 43.0 Å². The van der Waals surface area contributed by atoms with Crippen molar-refractivity contribution in [3.05, 3.63) is 101 Å². The molecule has 1 unspecified atom stereocenters. The van der Waals surface area contributed by atoms with Gasteiger partial charge in [-0.3, -0.25) is 13.9 Å². The second kappa shape index (κ2) is 13.4. The Morgan fingerprint density at radius 3 is 2.08 bits per heavy atom. The van der Waals surface area contributed by atoms with Gasteiger partial charge in [0.1, 0.15) is 12.6 Å². The fourth-order valence-corrected chi connectivity index (χ4v) is 5.35. The molecule has 3 rings (SSSR count). The Balaban J connectivity index is 2.07. The quantitative estimate of drug-likeness (QED) is 0.361. The van der Waals surface area contributed by atoms with Crippen LogP contribution in [0.15, 0.2) is 78.9 Å². The van der Waals surface area contributed by atoms with E-state index in [0.717, 1.165) is 32.8 Å². The van der Waals surface area contributed by atoms with E-state index in [1.165, 1.54) is 4.90 Å². The molecule has 0 heterocycles. The smallest absolute Gasteiger partial charge is 0.244 e. The van der Waals surface area contributed by atoms with Crippen molar-refractivity contribution in [1.29, 1.82) is 0 Å². The third-order valence-electron chi connectivity index (χ3n) is 6.50. The van der Waals surface area contributed by atoms with E-state index in [1.807, 2.05) is 94.4 Å². The van der Waals surface area contributed by atoms with Crippen LogP contribution >= 0.6 is 0 Å². The molecule has 0 fully saturated rings. The van der Waals surface area contributed by atoms with Gasteiger partial charge in [-0.1, -0.05) is 85.3 Å². The van der Waals surface area contributed by atoms with Gasteiger partial charge < -0.3 is 10.2 Å². The molecular weight excluding hydrogens is 510 g/mol. The van der Waals surface area contributed by atoms with Crippen LogP contribution in [0.25, 0.3) is 0 Å². The second-order valence-electron chi connectivity index (χ2n) is 10.1. The van der Waals surface area contributed by atoms with E-state index >= 15 is 0 Å². The van der Waals surface area contributed by atoms with E-state index < -0.39 is 28.5 Å². The van der Waals surface area contributed by atoms with Gasteiger partial charge in [0.2, 0.25) is 21.8 Å². The predicted octanol–water partition coefficient (Wildman–Crippen LogP) is 4.49. The van der Waals surface area contributed by atoms with Crippen LogP contribution in [-0.4, -0.2) is 50.0 Å². The summed E-state index contributed by atoms with van der Waals surface area (Å²) >= 11 is 0. The molecule has 39 heavy (non-hydrogen) atoms. The Morgan fingerprint density at radius 2 is 1.49 bits per heavy atom. The zero-order chi connectivity index (χ0) is 28.6. The van der Waals surface area contributed by atoms with E-state index in [-0.39, 0.29) is 18.5 Å². The molecule has 1 atom stereocenters. The lowest BCUT2D eigenvalue weighted by Gasteiger charge is -2.34. The zero-order valence-corrected chi connectivity index (χ0v) is 24.2. The Bertz CT molecular complexity index is 1360. The lowest BCUT2D eigenvalue weighted by molar-refractivity contribution is -0.140. The number of benzene rings is 3. The van der Waals surface area contributed by atoms with E-state index in [2.05, 4.69) is 5.32 Å². The molecule has 0 aliphatic heterocycles. The highest BCUT2D eigenvalue weighted by Crippen LogP contribution is 2.24. The summed E-state index contributed by atoms with van der Waals surface area (Å²) in [5, 5.41) is 2.96. The lowest BCUT2D eigenvalue weighted by atomic mass is 10.0. The first-order chi connectivity index (χ1) is 18.5. The van der Waals surface area contributed by atoms with Crippen LogP contribution in [0.2, 0.25) is 0 Å². The molecule has 0 aromatic heterocycles. The maximum absolute atomic E-state index is 14.1. The number of sulfonamides is 1. The van der Waals surface area contributed by atoms with E-state index in [9.17, 15) is 18.0 Å². The van der Waals surface area contributed by atoms with Crippen LogP contribution in [0.4, 0.5) is 5.69 Å². The maximum atomic E-state index is 14.1. The highest BCUT2D eigenvalue weighted by Gasteiger charge is 2.33. The number of nitrogens with zero attached hydrogens (tertiary/aromatic N) is 2. The first kappa shape index (κ1) is 29.9. The number of hydrogen-bond donors (Lipinski definition) is 1. The number of carbonyl (C=O) groups is 2. The summed E-state index contributed by atoms with van der Waals surface area (Å²) in [4.78, 5) is 29.2. The third-order valence-corrected chi connectivity index (χ3v) is 7.62. The lowest BCUT2D eigenvalue weighted by Crippen LogP contribution is -2.54. The third kappa shape index (κ3) is 8.42. The monoisotopic (exact) mass is 549 g/mol. The van der Waals surface area contributed by atoms with Crippen molar-refractivity contribution >= 4 is 27.5 Å². The van der Waals surface area contributed by atoms with Crippen LogP contribution in [0.5, 0.6) is 0 Å². The van der Waals surface area contributed by atoms with Crippen molar-refractivity contribution in [2.45, 2.75) is 59.2 Å². The zero-order valence-electron chi connectivity index (χ0n) is 23.4. The van der Waals surface area contributed by atoms with Gasteiger partial charge in [-0.15, -0.1) is 0 Å². The number of hydrogen-bond acceptors (Lipinski definition) is 4. The van der Waals surface area contributed by atoms with Crippen molar-refractivity contribution in [3.8, 4) is 0 Å². The molecule has 2 amide bonds. The van der Waals surface area contributed by atoms with Crippen molar-refractivity contribution < 1.29 is 18.0 Å². The molecule has 0 aliphatic rings. The molecule has 208 valence electrons. The van der Waals surface area contributed by atoms with E-state index in [0.29, 0.717) is 18.5 Å². The molecule has 0 aliphatic carbocycles. The van der Waals surface area contributed by atoms with Crippen LogP contribution in [-0.2, 0) is 39.0 Å². The minimum absolute atomic E-state index is 0.129. The van der Waals surface area contributed by atoms with Crippen molar-refractivity contribution in [2.75, 3.05) is 17.1 Å². The molecule has 0 bridgehead atoms. The molecule has 1 N–H and O–H groups in total. The molecular formula is C31H39N3O4S. The number of carbonyl (C=O) groups excluding carboxylic acids is 2. The SMILES string of the molecule is CCc1ccccc1N(CC(=O)N(Cc1ccc(C)cc1)C(Cc1ccccc1)C(=O)NC(C)C)S(C)(=O)=O. The van der Waals surface area contributed by atoms with Gasteiger partial charge in [-0.05, 0) is 49.9 Å². The second-order valence-corrected chi connectivity index (χ2v) is 12.0. The summed E-state index contributed by atoms with van der Waals surface area (Å²) in [5.74, 6) is -0.735. The Morgan fingerprint density at radius 1 is 0.872 bits per heavy atom. The minimum atomic E-state index is -3.80. The molecule has 0 radical (unpaired) electrons. The van der Waals surface area contributed by atoms with Gasteiger partial charge >= 0.3 is 0 Å². The number of rotatable bonds is 12. The Kier molecular flexibility index (Phi) is 10.3. The van der Waals surface area contributed by atoms with Crippen molar-refractivity contribution in [1.82, 2.24) is 10.2 Å². The van der Waals surface area contributed by atoms with Crippen molar-refractivity contribution in [2.24, 2.45) is 0 Å². The average Bonchev–Trinajstić information content (AvgIpc) is 2.89. The van der Waals surface area contributed by atoms with E-state index in [1.54, 1.807) is 12.1 Å². The number of amides is 2. The summed E-state index contributed by atoms with van der Waals surface area (Å²) in [5.41, 5.74) is 4.12. The topological polar surface area (TPSA) is 86.8 Å². The Labute approximate surface area is 232 Å². The first-order valence-corrected chi connectivity index (χ1v) is 15.1. The summed E-state index contributed by atoms with van der Waals surface area (Å²) in [6.07, 6.45) is 2.00. The fraction of sp³-hybridized carbons (Fsp3) is 0.355. The molecule has 3 aromatic rings. The molecule has 0 spiro atoms. The van der Waals surface area contributed by atoms with E-state index in [4.69, 9.17) is 0 Å². The summed E-state index contributed by atoms with van der Waals surface area (Å²) < 4.78 is 27.1. The van der Waals surface area contributed by atoms with Crippen LogP contribution < -0.4 is 9.62 Å². The molecule has 0 saturated carbocycles. The molecule has 8 heteroatoms. The minimum Gasteiger partial charge on any atom is -0.352 e. The van der Waals surface area contributed by atoms with Gasteiger partial charge in [0.25, 0.3) is 0 Å². The number of anilines is 1. The largest absolute Gasteiger partial charge is 0.352 e. The number of aryl methyl sites for hydroxylation is 2. The molecule has 0 saturated heterocycles. The highest BCUT2D eigenvalue weighted by molar-refractivity contribution is 7.92. The van der Waals surface area contributed by atoms with Gasteiger partial charge in [-0.25, -0.2) is 8.42 Å². The number of para-hydroxylation sites is 1. The van der Waals surface area contributed by atoms with Crippen LogP contribution in [0.3, 0.4) is 0 Å². The van der Waals surface area contributed by atoms with Crippen molar-refractivity contribution in [3.63, 3.8) is 0 Å². The summed E-state index contributed by atoms with van der Waals surface area (Å²) in [6.45, 7) is 7.41. The summed E-state index contributed by atoms with van der Waals surface area (Å²) in [7, 11) is -3.80. The average molecular weight is 550 g/mol. The van der Waals surface area contributed by atoms with Gasteiger partial charge in [0, 0.05) is 19.0 Å². The fourth-order valence-electron chi connectivity index (χ4n) is 4.47. The van der Waals surface area contributed by atoms with Crippen LogP contribution in [0, 0.1) is 6.92 Å². The summed E-state index contributed by atoms with van der Waals surface area (Å²) in [6, 6.07) is 23.5. The standard InChI is InChI=1S/C31H39N3O4S/c1-6-27-14-10-11-15-28(27)34(39(5,37)38)22-30(35)33(21-26-18-16-24(4)17-19-26)29(31(36)32-23(2)3)20-25-12-8-7-9-13-25/h7-19,23,29H,6,20-22H2,1-5H3,(H,32,36). The highest BCUT2D eigenvalue weighted by atomic mass is 32.2. The van der Waals surface area contributed by atoms with Gasteiger partial charge in [0.15, 0.2) is 0 Å². The molecule has 7 nitrogen and oxygen atoms in total. The van der Waals surface area contributed by atoms with Gasteiger partial charge in [-0.2, -0.15) is 0 Å². The number of nitrogens with one attached hydrogen (secondary N) is 1. The predicted molar refractivity (Wildman–Crippen MR) is 157 cm³/mol. The molecule has 3 aromatic carbocycles. The normalized spacial score (nSPS) is 12.2. The Hall–Kier alpha value is -3.65. The maximum Gasteiger partial charge on any atom is 0.244 e.